The van der Waals surface area contributed by atoms with E-state index in [9.17, 15) is 0 Å². The molecular weight excluding hydrogens is 391 g/mol. The molecule has 2 aliphatic carbocycles. The molecule has 2 saturated carbocycles. The van der Waals surface area contributed by atoms with Crippen LogP contribution in [0.4, 0.5) is 4.39 Å². The highest BCUT2D eigenvalue weighted by atomic mass is 19.1. The van der Waals surface area contributed by atoms with Gasteiger partial charge in [-0.25, -0.2) is 4.39 Å². The predicted octanol–water partition coefficient (Wildman–Crippen LogP) is 9.27. The standard InChI is InChI=1S/C31H39F/c1-3-5-7-9-23-10-13-25(14-11-23)30-19-18-29(22-31(30)32)28-17-16-26-20-24(8-6-4-2)12-15-27(26)21-28/h3-5,10-11,13-14,18-19,22,24,26-28H,2,6-9,12,15-17,20-21H2,1H3/b5-3+. The molecule has 0 bridgehead atoms. The molecule has 0 aromatic heterocycles. The maximum atomic E-state index is 15.1. The number of aryl methyl sites for hydroxylation is 1. The number of halogens is 1. The van der Waals surface area contributed by atoms with E-state index in [4.69, 9.17) is 0 Å². The second-order valence-corrected chi connectivity index (χ2v) is 10.1. The van der Waals surface area contributed by atoms with Gasteiger partial charge in [-0.1, -0.05) is 61.0 Å². The summed E-state index contributed by atoms with van der Waals surface area (Å²) in [6.07, 6.45) is 18.8. The maximum absolute atomic E-state index is 15.1. The number of benzene rings is 2. The van der Waals surface area contributed by atoms with Crippen molar-refractivity contribution in [3.8, 4) is 11.1 Å². The van der Waals surface area contributed by atoms with Crippen molar-refractivity contribution in [3.63, 3.8) is 0 Å². The summed E-state index contributed by atoms with van der Waals surface area (Å²) in [6, 6.07) is 14.4. The third-order valence-electron chi connectivity index (χ3n) is 8.07. The number of fused-ring (bicyclic) bond motifs is 1. The van der Waals surface area contributed by atoms with Gasteiger partial charge in [-0.15, -0.1) is 6.58 Å². The van der Waals surface area contributed by atoms with Crippen molar-refractivity contribution in [2.45, 2.75) is 77.0 Å². The summed E-state index contributed by atoms with van der Waals surface area (Å²) in [5, 5.41) is 0. The quantitative estimate of drug-likeness (QED) is 0.366. The van der Waals surface area contributed by atoms with Crippen molar-refractivity contribution in [1.29, 1.82) is 0 Å². The fourth-order valence-corrected chi connectivity index (χ4v) is 6.19. The third kappa shape index (κ3) is 5.61. The van der Waals surface area contributed by atoms with E-state index in [2.05, 4.69) is 62.1 Å². The van der Waals surface area contributed by atoms with Gasteiger partial charge in [-0.05, 0) is 111 Å². The van der Waals surface area contributed by atoms with E-state index in [0.717, 1.165) is 48.1 Å². The zero-order chi connectivity index (χ0) is 22.3. The zero-order valence-electron chi connectivity index (χ0n) is 19.7. The number of hydrogen-bond donors (Lipinski definition) is 0. The Bertz CT molecular complexity index is 907. The SMILES string of the molecule is C=CCCC1CCC2CC(c3ccc(-c4ccc(CC/C=C/C)cc4)c(F)c3)CCC2C1. The van der Waals surface area contributed by atoms with Crippen LogP contribution in [0.25, 0.3) is 11.1 Å². The van der Waals surface area contributed by atoms with Gasteiger partial charge in [-0.2, -0.15) is 0 Å². The van der Waals surface area contributed by atoms with E-state index in [-0.39, 0.29) is 5.82 Å². The van der Waals surface area contributed by atoms with Gasteiger partial charge in [0.15, 0.2) is 0 Å². The predicted molar refractivity (Wildman–Crippen MR) is 135 cm³/mol. The molecule has 0 saturated heterocycles. The van der Waals surface area contributed by atoms with Gasteiger partial charge in [0, 0.05) is 5.56 Å². The van der Waals surface area contributed by atoms with Crippen LogP contribution in [0.2, 0.25) is 0 Å². The number of rotatable bonds is 8. The summed E-state index contributed by atoms with van der Waals surface area (Å²) < 4.78 is 15.1. The second-order valence-electron chi connectivity index (χ2n) is 10.1. The van der Waals surface area contributed by atoms with Crippen molar-refractivity contribution in [3.05, 3.63) is 84.2 Å². The van der Waals surface area contributed by atoms with Crippen LogP contribution < -0.4 is 0 Å². The molecule has 0 nitrogen and oxygen atoms in total. The topological polar surface area (TPSA) is 0 Å². The maximum Gasteiger partial charge on any atom is 0.131 e. The third-order valence-corrected chi connectivity index (χ3v) is 8.07. The first-order valence-electron chi connectivity index (χ1n) is 12.8. The Kier molecular flexibility index (Phi) is 8.00. The number of allylic oxidation sites excluding steroid dienone is 3. The Morgan fingerprint density at radius 3 is 2.47 bits per heavy atom. The highest BCUT2D eigenvalue weighted by Crippen LogP contribution is 2.48. The Hall–Kier alpha value is -2.15. The molecule has 0 heterocycles. The molecule has 2 aromatic rings. The van der Waals surface area contributed by atoms with Gasteiger partial charge in [0.2, 0.25) is 0 Å². The summed E-state index contributed by atoms with van der Waals surface area (Å²) in [4.78, 5) is 0. The van der Waals surface area contributed by atoms with E-state index >= 15 is 4.39 Å². The zero-order valence-corrected chi connectivity index (χ0v) is 19.7. The fraction of sp³-hybridized carbons (Fsp3) is 0.484. The fourth-order valence-electron chi connectivity index (χ4n) is 6.19. The lowest BCUT2D eigenvalue weighted by molar-refractivity contribution is 0.115. The van der Waals surface area contributed by atoms with Crippen LogP contribution in [0.15, 0.2) is 67.3 Å². The average molecular weight is 431 g/mol. The van der Waals surface area contributed by atoms with Crippen LogP contribution in [-0.4, -0.2) is 0 Å². The summed E-state index contributed by atoms with van der Waals surface area (Å²) >= 11 is 0. The molecule has 0 radical (unpaired) electrons. The molecule has 0 spiro atoms. The Morgan fingerprint density at radius 2 is 1.72 bits per heavy atom. The summed E-state index contributed by atoms with van der Waals surface area (Å²) in [5.41, 5.74) is 4.22. The van der Waals surface area contributed by atoms with Gasteiger partial charge in [0.1, 0.15) is 5.82 Å². The Morgan fingerprint density at radius 1 is 0.938 bits per heavy atom. The van der Waals surface area contributed by atoms with E-state index in [1.54, 1.807) is 0 Å². The van der Waals surface area contributed by atoms with Gasteiger partial charge in [-0.3, -0.25) is 0 Å². The molecule has 170 valence electrons. The summed E-state index contributed by atoms with van der Waals surface area (Å²) in [7, 11) is 0. The van der Waals surface area contributed by atoms with Crippen molar-refractivity contribution in [1.82, 2.24) is 0 Å². The van der Waals surface area contributed by atoms with Gasteiger partial charge in [0.05, 0.1) is 0 Å². The monoisotopic (exact) mass is 430 g/mol. The van der Waals surface area contributed by atoms with Gasteiger partial charge in [0.25, 0.3) is 0 Å². The summed E-state index contributed by atoms with van der Waals surface area (Å²) in [6.45, 7) is 5.94. The average Bonchev–Trinajstić information content (AvgIpc) is 2.83. The molecule has 2 aromatic carbocycles. The molecule has 2 fully saturated rings. The Balaban J connectivity index is 1.38. The molecule has 0 aliphatic heterocycles. The van der Waals surface area contributed by atoms with Crippen LogP contribution in [-0.2, 0) is 6.42 Å². The lowest BCUT2D eigenvalue weighted by Crippen LogP contribution is -2.30. The minimum Gasteiger partial charge on any atom is -0.206 e. The van der Waals surface area contributed by atoms with E-state index < -0.39 is 0 Å². The molecule has 0 amide bonds. The van der Waals surface area contributed by atoms with Crippen molar-refractivity contribution in [2.75, 3.05) is 0 Å². The number of hydrogen-bond acceptors (Lipinski definition) is 0. The largest absolute Gasteiger partial charge is 0.206 e. The molecule has 32 heavy (non-hydrogen) atoms. The first-order chi connectivity index (χ1) is 15.7. The first kappa shape index (κ1) is 23.0. The van der Waals surface area contributed by atoms with Gasteiger partial charge < -0.3 is 0 Å². The van der Waals surface area contributed by atoms with Gasteiger partial charge >= 0.3 is 0 Å². The van der Waals surface area contributed by atoms with Crippen LogP contribution in [0, 0.1) is 23.6 Å². The van der Waals surface area contributed by atoms with Crippen molar-refractivity contribution < 1.29 is 4.39 Å². The van der Waals surface area contributed by atoms with Crippen LogP contribution >= 0.6 is 0 Å². The second kappa shape index (κ2) is 11.1. The molecule has 4 unspecified atom stereocenters. The molecule has 1 heteroatoms. The summed E-state index contributed by atoms with van der Waals surface area (Å²) in [5.74, 6) is 3.09. The molecule has 4 rings (SSSR count). The first-order valence-corrected chi connectivity index (χ1v) is 12.8. The molecular formula is C31H39F. The van der Waals surface area contributed by atoms with Crippen LogP contribution in [0.5, 0.6) is 0 Å². The van der Waals surface area contributed by atoms with Crippen molar-refractivity contribution in [2.24, 2.45) is 17.8 Å². The molecule has 0 N–H and O–H groups in total. The van der Waals surface area contributed by atoms with Crippen LogP contribution in [0.1, 0.15) is 81.8 Å². The minimum absolute atomic E-state index is 0.0700. The van der Waals surface area contributed by atoms with Crippen molar-refractivity contribution >= 4 is 0 Å². The smallest absolute Gasteiger partial charge is 0.131 e. The normalized spacial score (nSPS) is 25.6. The highest BCUT2D eigenvalue weighted by Gasteiger charge is 2.35. The Labute approximate surface area is 194 Å². The lowest BCUT2D eigenvalue weighted by atomic mass is 9.63. The molecule has 4 atom stereocenters. The lowest BCUT2D eigenvalue weighted by Gasteiger charge is -2.42. The van der Waals surface area contributed by atoms with E-state index in [1.807, 2.05) is 12.1 Å². The highest BCUT2D eigenvalue weighted by molar-refractivity contribution is 5.65. The minimum atomic E-state index is -0.0700. The van der Waals surface area contributed by atoms with E-state index in [1.165, 1.54) is 56.1 Å². The molecule has 2 aliphatic rings. The van der Waals surface area contributed by atoms with E-state index in [0.29, 0.717) is 5.92 Å². The van der Waals surface area contributed by atoms with Crippen LogP contribution in [0.3, 0.4) is 0 Å².